The molecule has 2 saturated heterocycles. The minimum absolute atomic E-state index is 0.295. The van der Waals surface area contributed by atoms with E-state index in [0.717, 1.165) is 0 Å². The number of carbonyl (C=O) groups excluding carboxylic acids is 1. The third-order valence-corrected chi connectivity index (χ3v) is 4.87. The number of fused-ring (bicyclic) bond motifs is 2. The van der Waals surface area contributed by atoms with E-state index in [4.69, 9.17) is 9.47 Å². The van der Waals surface area contributed by atoms with Crippen LogP contribution in [0.4, 0.5) is 9.18 Å². The first-order chi connectivity index (χ1) is 11.6. The van der Waals surface area contributed by atoms with Crippen molar-refractivity contribution in [2.24, 2.45) is 0 Å². The molecule has 1 N–H and O–H groups in total. The molecule has 1 aromatic rings. The maximum atomic E-state index is 14.0. The number of hydrogen-bond donors (Lipinski definition) is 1. The van der Waals surface area contributed by atoms with Crippen LogP contribution >= 0.6 is 0 Å². The third-order valence-electron chi connectivity index (χ3n) is 4.87. The average Bonchev–Trinajstić information content (AvgIpc) is 2.47. The van der Waals surface area contributed by atoms with Crippen LogP contribution in [-0.4, -0.2) is 47.0 Å². The number of carbonyl (C=O) groups is 1. The van der Waals surface area contributed by atoms with E-state index in [0.29, 0.717) is 37.2 Å². The fraction of sp³-hybridized carbons (Fsp3) is 0.632. The van der Waals surface area contributed by atoms with Crippen LogP contribution in [0.15, 0.2) is 18.2 Å². The topological polar surface area (TPSA) is 59.0 Å². The third kappa shape index (κ3) is 3.65. The molecule has 138 valence electrons. The first-order valence-electron chi connectivity index (χ1n) is 8.67. The van der Waals surface area contributed by atoms with Gasteiger partial charge in [0.05, 0.1) is 30.9 Å². The molecule has 2 heterocycles. The number of hydrogen-bond acceptors (Lipinski definition) is 4. The van der Waals surface area contributed by atoms with E-state index in [9.17, 15) is 14.3 Å². The molecule has 0 spiro atoms. The van der Waals surface area contributed by atoms with Gasteiger partial charge in [-0.05, 0) is 44.9 Å². The van der Waals surface area contributed by atoms with E-state index in [-0.39, 0.29) is 24.0 Å². The summed E-state index contributed by atoms with van der Waals surface area (Å²) in [5.41, 5.74) is -0.662. The summed E-state index contributed by atoms with van der Waals surface area (Å²) in [6, 6.07) is 4.25. The van der Waals surface area contributed by atoms with Gasteiger partial charge in [0, 0.05) is 12.8 Å². The number of rotatable bonds is 1. The summed E-state index contributed by atoms with van der Waals surface area (Å²) in [5, 5.41) is 11.2. The average molecular weight is 351 g/mol. The van der Waals surface area contributed by atoms with E-state index in [1.807, 2.05) is 20.8 Å². The van der Waals surface area contributed by atoms with E-state index in [2.05, 4.69) is 0 Å². The standard InChI is InChI=1S/C19H26FNO4/c1-12-5-6-13(7-16(12)20)19(23)8-14-10-24-11-15(9-19)21(14)17(22)25-18(2,3)4/h5-7,14-15,23H,8-11H2,1-4H3. The van der Waals surface area contributed by atoms with E-state index >= 15 is 0 Å². The molecule has 0 saturated carbocycles. The fourth-order valence-corrected chi connectivity index (χ4v) is 3.71. The molecule has 3 rings (SSSR count). The van der Waals surface area contributed by atoms with Crippen LogP contribution in [0.2, 0.25) is 0 Å². The van der Waals surface area contributed by atoms with Crippen LogP contribution in [0.1, 0.15) is 44.7 Å². The lowest BCUT2D eigenvalue weighted by molar-refractivity contribution is -0.141. The van der Waals surface area contributed by atoms with Crippen molar-refractivity contribution in [2.45, 2.75) is 63.8 Å². The number of nitrogens with zero attached hydrogens (tertiary/aromatic N) is 1. The van der Waals surface area contributed by atoms with Gasteiger partial charge in [0.25, 0.3) is 0 Å². The zero-order valence-electron chi connectivity index (χ0n) is 15.2. The van der Waals surface area contributed by atoms with Crippen LogP contribution in [0, 0.1) is 12.7 Å². The van der Waals surface area contributed by atoms with Gasteiger partial charge < -0.3 is 14.6 Å². The van der Waals surface area contributed by atoms with Crippen molar-refractivity contribution in [3.63, 3.8) is 0 Å². The number of halogens is 1. The molecule has 25 heavy (non-hydrogen) atoms. The molecule has 1 amide bonds. The van der Waals surface area contributed by atoms with Crippen LogP contribution in [0.25, 0.3) is 0 Å². The van der Waals surface area contributed by atoms with Gasteiger partial charge in [-0.2, -0.15) is 0 Å². The van der Waals surface area contributed by atoms with Gasteiger partial charge >= 0.3 is 6.09 Å². The zero-order valence-corrected chi connectivity index (χ0v) is 15.2. The summed E-state index contributed by atoms with van der Waals surface area (Å²) in [6.45, 7) is 7.85. The molecule has 0 aliphatic carbocycles. The Kier molecular flexibility index (Phi) is 4.54. The van der Waals surface area contributed by atoms with Crippen molar-refractivity contribution < 1.29 is 23.8 Å². The second kappa shape index (κ2) is 6.25. The Hall–Kier alpha value is -1.66. The van der Waals surface area contributed by atoms with E-state index in [1.165, 1.54) is 6.07 Å². The maximum absolute atomic E-state index is 14.0. The minimum Gasteiger partial charge on any atom is -0.444 e. The molecule has 2 fully saturated rings. The second-order valence-electron chi connectivity index (χ2n) is 8.14. The first kappa shape index (κ1) is 18.1. The molecule has 2 aliphatic rings. The highest BCUT2D eigenvalue weighted by atomic mass is 19.1. The Morgan fingerprint density at radius 1 is 1.32 bits per heavy atom. The van der Waals surface area contributed by atoms with Gasteiger partial charge in [0.1, 0.15) is 11.4 Å². The molecule has 2 atom stereocenters. The van der Waals surface area contributed by atoms with Crippen molar-refractivity contribution in [3.05, 3.63) is 35.1 Å². The van der Waals surface area contributed by atoms with Crippen molar-refractivity contribution in [3.8, 4) is 0 Å². The number of ether oxygens (including phenoxy) is 2. The van der Waals surface area contributed by atoms with E-state index < -0.39 is 11.2 Å². The molecular weight excluding hydrogens is 325 g/mol. The van der Waals surface area contributed by atoms with Crippen LogP contribution in [0.5, 0.6) is 0 Å². The summed E-state index contributed by atoms with van der Waals surface area (Å²) >= 11 is 0. The lowest BCUT2D eigenvalue weighted by atomic mass is 9.77. The molecule has 6 heteroatoms. The summed E-state index contributed by atoms with van der Waals surface area (Å²) in [5.74, 6) is -0.332. The van der Waals surface area contributed by atoms with Gasteiger partial charge in [0.15, 0.2) is 0 Å². The predicted octanol–water partition coefficient (Wildman–Crippen LogP) is 3.12. The molecular formula is C19H26FNO4. The Morgan fingerprint density at radius 3 is 2.44 bits per heavy atom. The molecule has 1 aromatic carbocycles. The largest absolute Gasteiger partial charge is 0.444 e. The smallest absolute Gasteiger partial charge is 0.410 e. The summed E-state index contributed by atoms with van der Waals surface area (Å²) in [6.07, 6.45) is 0.208. The quantitative estimate of drug-likeness (QED) is 0.845. The number of amides is 1. The van der Waals surface area contributed by atoms with Crippen molar-refractivity contribution >= 4 is 6.09 Å². The van der Waals surface area contributed by atoms with Gasteiger partial charge in [-0.1, -0.05) is 12.1 Å². The van der Waals surface area contributed by atoms with Gasteiger partial charge in [-0.15, -0.1) is 0 Å². The summed E-state index contributed by atoms with van der Waals surface area (Å²) in [7, 11) is 0. The van der Waals surface area contributed by atoms with Crippen LogP contribution < -0.4 is 0 Å². The fourth-order valence-electron chi connectivity index (χ4n) is 3.71. The molecule has 2 bridgehead atoms. The Labute approximate surface area is 147 Å². The molecule has 0 aromatic heterocycles. The SMILES string of the molecule is Cc1ccc(C2(O)CC3COCC(C2)N3C(=O)OC(C)(C)C)cc1F. The number of morpholine rings is 1. The van der Waals surface area contributed by atoms with Crippen molar-refractivity contribution in [2.75, 3.05) is 13.2 Å². The first-order valence-corrected chi connectivity index (χ1v) is 8.67. The number of benzene rings is 1. The summed E-state index contributed by atoms with van der Waals surface area (Å²) in [4.78, 5) is 14.3. The highest BCUT2D eigenvalue weighted by molar-refractivity contribution is 5.69. The second-order valence-corrected chi connectivity index (χ2v) is 8.14. The monoisotopic (exact) mass is 351 g/mol. The van der Waals surface area contributed by atoms with Crippen LogP contribution in [0.3, 0.4) is 0 Å². The Balaban J connectivity index is 1.85. The van der Waals surface area contributed by atoms with E-state index in [1.54, 1.807) is 24.0 Å². The zero-order chi connectivity index (χ0) is 18.4. The molecule has 5 nitrogen and oxygen atoms in total. The lowest BCUT2D eigenvalue weighted by Crippen LogP contribution is -2.63. The lowest BCUT2D eigenvalue weighted by Gasteiger charge is -2.51. The van der Waals surface area contributed by atoms with Crippen molar-refractivity contribution in [1.29, 1.82) is 0 Å². The molecule has 2 unspecified atom stereocenters. The highest BCUT2D eigenvalue weighted by Crippen LogP contribution is 2.41. The number of aliphatic hydroxyl groups is 1. The predicted molar refractivity (Wildman–Crippen MR) is 90.7 cm³/mol. The minimum atomic E-state index is -1.17. The Morgan fingerprint density at radius 2 is 1.92 bits per heavy atom. The maximum Gasteiger partial charge on any atom is 0.410 e. The van der Waals surface area contributed by atoms with Gasteiger partial charge in [-0.3, -0.25) is 4.90 Å². The molecule has 0 radical (unpaired) electrons. The van der Waals surface area contributed by atoms with Crippen LogP contribution in [-0.2, 0) is 15.1 Å². The number of piperidine rings is 1. The highest BCUT2D eigenvalue weighted by Gasteiger charge is 2.49. The Bertz CT molecular complexity index is 656. The summed E-state index contributed by atoms with van der Waals surface area (Å²) < 4.78 is 25.1. The van der Waals surface area contributed by atoms with Crippen molar-refractivity contribution in [1.82, 2.24) is 4.90 Å². The molecule has 2 aliphatic heterocycles. The van der Waals surface area contributed by atoms with Gasteiger partial charge in [-0.25, -0.2) is 9.18 Å². The number of aryl methyl sites for hydroxylation is 1. The normalized spacial score (nSPS) is 29.4. The van der Waals surface area contributed by atoms with Gasteiger partial charge in [0.2, 0.25) is 0 Å².